The summed E-state index contributed by atoms with van der Waals surface area (Å²) in [6.07, 6.45) is 2.30. The highest BCUT2D eigenvalue weighted by molar-refractivity contribution is 6.07. The molecule has 3 aromatic rings. The molecule has 1 aliphatic heterocycles. The largest absolute Gasteiger partial charge is 0.399 e. The molecule has 0 radical (unpaired) electrons. The van der Waals surface area contributed by atoms with Crippen molar-refractivity contribution in [2.75, 3.05) is 5.73 Å². The van der Waals surface area contributed by atoms with Gasteiger partial charge in [0.2, 0.25) is 5.91 Å². The van der Waals surface area contributed by atoms with Crippen molar-refractivity contribution in [1.29, 1.82) is 0 Å². The summed E-state index contributed by atoms with van der Waals surface area (Å²) in [5, 5.41) is 5.23. The number of nitrogen functional groups attached to an aromatic ring is 1. The molecule has 0 aliphatic carbocycles. The number of rotatable bonds is 2. The molecule has 118 valence electrons. The fourth-order valence-electron chi connectivity index (χ4n) is 3.07. The standard InChI is InChI=1S/C19H16N4O/c20-13-8-6-12(7-9-13)18-11-16(19(24)23-22-18)14-3-1-5-17-15(14)4-2-10-21-17/h1-10,16H,11,20H2,(H,23,24). The molecule has 1 aromatic heterocycles. The van der Waals surface area contributed by atoms with Gasteiger partial charge in [0.1, 0.15) is 0 Å². The van der Waals surface area contributed by atoms with Gasteiger partial charge in [-0.1, -0.05) is 30.3 Å². The van der Waals surface area contributed by atoms with Gasteiger partial charge in [-0.3, -0.25) is 9.78 Å². The average Bonchev–Trinajstić information content (AvgIpc) is 2.63. The predicted octanol–water partition coefficient (Wildman–Crippen LogP) is 2.82. The van der Waals surface area contributed by atoms with E-state index in [-0.39, 0.29) is 11.8 Å². The molecule has 0 saturated heterocycles. The molecule has 0 fully saturated rings. The Morgan fingerprint density at radius 1 is 1.04 bits per heavy atom. The van der Waals surface area contributed by atoms with E-state index in [1.54, 1.807) is 6.20 Å². The Kier molecular flexibility index (Phi) is 3.46. The second-order valence-electron chi connectivity index (χ2n) is 5.83. The Morgan fingerprint density at radius 3 is 2.71 bits per heavy atom. The lowest BCUT2D eigenvalue weighted by molar-refractivity contribution is -0.122. The molecule has 4 rings (SSSR count). The van der Waals surface area contributed by atoms with E-state index in [0.717, 1.165) is 27.7 Å². The Balaban J connectivity index is 1.74. The van der Waals surface area contributed by atoms with Crippen molar-refractivity contribution in [2.45, 2.75) is 12.3 Å². The highest BCUT2D eigenvalue weighted by Gasteiger charge is 2.28. The summed E-state index contributed by atoms with van der Waals surface area (Å²) in [5.41, 5.74) is 12.8. The highest BCUT2D eigenvalue weighted by Crippen LogP contribution is 2.30. The molecule has 5 nitrogen and oxygen atoms in total. The first-order valence-electron chi connectivity index (χ1n) is 7.78. The molecular formula is C19H16N4O. The van der Waals surface area contributed by atoms with Crippen LogP contribution in [0.1, 0.15) is 23.5 Å². The maximum atomic E-state index is 12.4. The van der Waals surface area contributed by atoms with Crippen LogP contribution in [0.15, 0.2) is 65.9 Å². The van der Waals surface area contributed by atoms with Crippen LogP contribution in [-0.2, 0) is 4.79 Å². The molecule has 1 unspecified atom stereocenters. The lowest BCUT2D eigenvalue weighted by atomic mass is 9.87. The minimum absolute atomic E-state index is 0.0921. The average molecular weight is 316 g/mol. The maximum absolute atomic E-state index is 12.4. The zero-order valence-corrected chi connectivity index (χ0v) is 12.9. The van der Waals surface area contributed by atoms with Gasteiger partial charge in [-0.05, 0) is 35.4 Å². The van der Waals surface area contributed by atoms with E-state index in [9.17, 15) is 4.79 Å². The van der Waals surface area contributed by atoms with Gasteiger partial charge in [0.25, 0.3) is 0 Å². The summed E-state index contributed by atoms with van der Waals surface area (Å²) in [4.78, 5) is 16.8. The van der Waals surface area contributed by atoms with Crippen molar-refractivity contribution in [3.8, 4) is 0 Å². The Morgan fingerprint density at radius 2 is 1.88 bits per heavy atom. The second kappa shape index (κ2) is 5.77. The molecule has 0 saturated carbocycles. The number of aromatic nitrogens is 1. The van der Waals surface area contributed by atoms with Crippen molar-refractivity contribution >= 4 is 28.2 Å². The lowest BCUT2D eigenvalue weighted by Crippen LogP contribution is -2.33. The fourth-order valence-corrected chi connectivity index (χ4v) is 3.07. The van der Waals surface area contributed by atoms with Crippen LogP contribution in [0.4, 0.5) is 5.69 Å². The van der Waals surface area contributed by atoms with Gasteiger partial charge in [0.15, 0.2) is 0 Å². The normalized spacial score (nSPS) is 17.4. The van der Waals surface area contributed by atoms with Crippen molar-refractivity contribution in [3.63, 3.8) is 0 Å². The molecule has 1 amide bonds. The number of anilines is 1. The first-order chi connectivity index (χ1) is 11.7. The molecule has 24 heavy (non-hydrogen) atoms. The number of nitrogens with one attached hydrogen (secondary N) is 1. The van der Waals surface area contributed by atoms with Crippen LogP contribution in [0, 0.1) is 0 Å². The number of fused-ring (bicyclic) bond motifs is 1. The number of nitrogens with zero attached hydrogens (tertiary/aromatic N) is 2. The van der Waals surface area contributed by atoms with Crippen LogP contribution < -0.4 is 11.2 Å². The predicted molar refractivity (Wildman–Crippen MR) is 94.6 cm³/mol. The van der Waals surface area contributed by atoms with E-state index in [1.165, 1.54) is 0 Å². The fraction of sp³-hybridized carbons (Fsp3) is 0.105. The third kappa shape index (κ3) is 2.50. The summed E-state index contributed by atoms with van der Waals surface area (Å²) in [6.45, 7) is 0. The van der Waals surface area contributed by atoms with Gasteiger partial charge in [-0.15, -0.1) is 0 Å². The molecular weight excluding hydrogens is 300 g/mol. The summed E-state index contributed by atoms with van der Waals surface area (Å²) in [5.74, 6) is -0.381. The number of hydrazone groups is 1. The van der Waals surface area contributed by atoms with Gasteiger partial charge in [0, 0.05) is 23.7 Å². The summed E-state index contributed by atoms with van der Waals surface area (Å²) in [6, 6.07) is 17.3. The maximum Gasteiger partial charge on any atom is 0.248 e. The zero-order chi connectivity index (χ0) is 16.5. The number of benzene rings is 2. The number of carbonyl (C=O) groups excluding carboxylic acids is 1. The number of pyridine rings is 1. The quantitative estimate of drug-likeness (QED) is 0.713. The third-order valence-electron chi connectivity index (χ3n) is 4.31. The van der Waals surface area contributed by atoms with E-state index >= 15 is 0 Å². The smallest absolute Gasteiger partial charge is 0.248 e. The van der Waals surface area contributed by atoms with Gasteiger partial charge in [0.05, 0.1) is 17.1 Å². The number of nitrogens with two attached hydrogens (primary N) is 1. The Bertz CT molecular complexity index is 942. The monoisotopic (exact) mass is 316 g/mol. The molecule has 1 aliphatic rings. The Labute approximate surface area is 139 Å². The summed E-state index contributed by atoms with van der Waals surface area (Å²) < 4.78 is 0. The Hall–Kier alpha value is -3.21. The lowest BCUT2D eigenvalue weighted by Gasteiger charge is -2.23. The van der Waals surface area contributed by atoms with E-state index in [2.05, 4.69) is 15.5 Å². The minimum Gasteiger partial charge on any atom is -0.399 e. The van der Waals surface area contributed by atoms with Crippen LogP contribution in [0.3, 0.4) is 0 Å². The van der Waals surface area contributed by atoms with Crippen molar-refractivity contribution in [3.05, 3.63) is 71.9 Å². The number of amides is 1. The van der Waals surface area contributed by atoms with Crippen molar-refractivity contribution < 1.29 is 4.79 Å². The van der Waals surface area contributed by atoms with Gasteiger partial charge in [-0.25, -0.2) is 5.43 Å². The van der Waals surface area contributed by atoms with Crippen LogP contribution >= 0.6 is 0 Å². The van der Waals surface area contributed by atoms with Gasteiger partial charge in [-0.2, -0.15) is 5.10 Å². The highest BCUT2D eigenvalue weighted by atomic mass is 16.2. The number of hydrogen-bond acceptors (Lipinski definition) is 4. The molecule has 0 bridgehead atoms. The molecule has 3 N–H and O–H groups in total. The van der Waals surface area contributed by atoms with E-state index in [4.69, 9.17) is 5.73 Å². The van der Waals surface area contributed by atoms with Gasteiger partial charge >= 0.3 is 0 Å². The second-order valence-corrected chi connectivity index (χ2v) is 5.83. The van der Waals surface area contributed by atoms with E-state index in [1.807, 2.05) is 54.6 Å². The molecule has 5 heteroatoms. The first-order valence-corrected chi connectivity index (χ1v) is 7.78. The molecule has 0 spiro atoms. The number of carbonyl (C=O) groups is 1. The summed E-state index contributed by atoms with van der Waals surface area (Å²) >= 11 is 0. The van der Waals surface area contributed by atoms with E-state index < -0.39 is 0 Å². The summed E-state index contributed by atoms with van der Waals surface area (Å²) in [7, 11) is 0. The SMILES string of the molecule is Nc1ccc(C2=NNC(=O)C(c3cccc4ncccc34)C2)cc1. The van der Waals surface area contributed by atoms with Crippen LogP contribution in [0.2, 0.25) is 0 Å². The number of hydrogen-bond donors (Lipinski definition) is 2. The van der Waals surface area contributed by atoms with Crippen molar-refractivity contribution in [2.24, 2.45) is 5.10 Å². The molecule has 1 atom stereocenters. The third-order valence-corrected chi connectivity index (χ3v) is 4.31. The topological polar surface area (TPSA) is 80.4 Å². The zero-order valence-electron chi connectivity index (χ0n) is 12.9. The van der Waals surface area contributed by atoms with Crippen LogP contribution in [-0.4, -0.2) is 16.6 Å². The van der Waals surface area contributed by atoms with Crippen molar-refractivity contribution in [1.82, 2.24) is 10.4 Å². The molecule has 2 aromatic carbocycles. The van der Waals surface area contributed by atoms with E-state index in [0.29, 0.717) is 12.1 Å². The first kappa shape index (κ1) is 14.4. The minimum atomic E-state index is -0.289. The van der Waals surface area contributed by atoms with Crippen LogP contribution in [0.5, 0.6) is 0 Å². The molecule has 2 heterocycles. The van der Waals surface area contributed by atoms with Crippen LogP contribution in [0.25, 0.3) is 10.9 Å². The van der Waals surface area contributed by atoms with Gasteiger partial charge < -0.3 is 5.73 Å².